The molecule has 2 aromatic heterocycles. The second-order valence-electron chi connectivity index (χ2n) is 3.10. The molecule has 2 heterocycles. The lowest BCUT2D eigenvalue weighted by Crippen LogP contribution is -1.95. The van der Waals surface area contributed by atoms with Gasteiger partial charge in [-0.15, -0.1) is 16.8 Å². The number of hydrogen-bond donors (Lipinski definition) is 1. The third-order valence-corrected chi connectivity index (χ3v) is 2.77. The van der Waals surface area contributed by atoms with E-state index in [1.807, 2.05) is 0 Å². The highest BCUT2D eigenvalue weighted by Gasteiger charge is 2.09. The molecule has 0 aliphatic carbocycles. The van der Waals surface area contributed by atoms with Crippen molar-refractivity contribution in [3.8, 4) is 17.1 Å². The highest BCUT2D eigenvalue weighted by Crippen LogP contribution is 2.25. The Morgan fingerprint density at radius 3 is 2.71 bits per heavy atom. The van der Waals surface area contributed by atoms with E-state index in [0.717, 1.165) is 5.56 Å². The summed E-state index contributed by atoms with van der Waals surface area (Å²) in [5.41, 5.74) is 1.09. The SMILES string of the molecule is C=CCSc1nnc(-c2ccncc2)c(O)n1. The third-order valence-electron chi connectivity index (χ3n) is 1.93. The van der Waals surface area contributed by atoms with Gasteiger partial charge in [0.25, 0.3) is 0 Å². The van der Waals surface area contributed by atoms with E-state index >= 15 is 0 Å². The van der Waals surface area contributed by atoms with Crippen molar-refractivity contribution in [2.45, 2.75) is 5.16 Å². The zero-order valence-corrected chi connectivity index (χ0v) is 9.76. The molecule has 2 aromatic rings. The van der Waals surface area contributed by atoms with E-state index in [9.17, 15) is 5.11 Å². The van der Waals surface area contributed by atoms with Crippen LogP contribution in [-0.4, -0.2) is 31.0 Å². The molecule has 5 nitrogen and oxygen atoms in total. The standard InChI is InChI=1S/C11H10N4OS/c1-2-7-17-11-13-10(16)9(14-15-11)8-3-5-12-6-4-8/h2-6H,1,7H2,(H,13,15,16). The Morgan fingerprint density at radius 1 is 1.29 bits per heavy atom. The molecule has 0 aliphatic heterocycles. The summed E-state index contributed by atoms with van der Waals surface area (Å²) in [6.45, 7) is 3.60. The van der Waals surface area contributed by atoms with Crippen molar-refractivity contribution >= 4 is 11.8 Å². The van der Waals surface area contributed by atoms with Crippen molar-refractivity contribution in [1.82, 2.24) is 20.2 Å². The van der Waals surface area contributed by atoms with Gasteiger partial charge in [0.05, 0.1) is 0 Å². The first-order chi connectivity index (χ1) is 8.31. The first-order valence-electron chi connectivity index (χ1n) is 4.89. The molecule has 0 saturated heterocycles. The zero-order chi connectivity index (χ0) is 12.1. The van der Waals surface area contributed by atoms with Gasteiger partial charge < -0.3 is 5.11 Å². The Kier molecular flexibility index (Phi) is 3.66. The maximum Gasteiger partial charge on any atom is 0.242 e. The lowest BCUT2D eigenvalue weighted by atomic mass is 10.2. The highest BCUT2D eigenvalue weighted by atomic mass is 32.2. The number of hydrogen-bond acceptors (Lipinski definition) is 6. The van der Waals surface area contributed by atoms with Crippen LogP contribution in [0.3, 0.4) is 0 Å². The molecule has 0 bridgehead atoms. The quantitative estimate of drug-likeness (QED) is 0.656. The summed E-state index contributed by atoms with van der Waals surface area (Å²) in [6, 6.07) is 3.48. The number of nitrogens with zero attached hydrogens (tertiary/aromatic N) is 4. The molecule has 0 spiro atoms. The van der Waals surface area contributed by atoms with Crippen molar-refractivity contribution in [3.63, 3.8) is 0 Å². The monoisotopic (exact) mass is 246 g/mol. The van der Waals surface area contributed by atoms with Gasteiger partial charge in [-0.2, -0.15) is 4.98 Å². The van der Waals surface area contributed by atoms with Gasteiger partial charge in [-0.3, -0.25) is 4.98 Å². The number of thioether (sulfide) groups is 1. The molecule has 0 fully saturated rings. The Labute approximate surface area is 103 Å². The number of rotatable bonds is 4. The van der Waals surface area contributed by atoms with Gasteiger partial charge in [0.2, 0.25) is 11.0 Å². The largest absolute Gasteiger partial charge is 0.492 e. The van der Waals surface area contributed by atoms with Crippen LogP contribution in [0.2, 0.25) is 0 Å². The summed E-state index contributed by atoms with van der Waals surface area (Å²) in [6.07, 6.45) is 4.98. The second kappa shape index (κ2) is 5.40. The summed E-state index contributed by atoms with van der Waals surface area (Å²) >= 11 is 1.36. The van der Waals surface area contributed by atoms with Crippen LogP contribution in [0.15, 0.2) is 42.3 Å². The van der Waals surface area contributed by atoms with E-state index < -0.39 is 0 Å². The van der Waals surface area contributed by atoms with E-state index in [1.165, 1.54) is 11.8 Å². The van der Waals surface area contributed by atoms with E-state index in [1.54, 1.807) is 30.6 Å². The lowest BCUT2D eigenvalue weighted by Gasteiger charge is -2.02. The molecule has 0 unspecified atom stereocenters. The molecule has 86 valence electrons. The molecule has 6 heteroatoms. The van der Waals surface area contributed by atoms with Gasteiger partial charge in [-0.1, -0.05) is 17.8 Å². The Morgan fingerprint density at radius 2 is 2.06 bits per heavy atom. The maximum atomic E-state index is 9.77. The normalized spacial score (nSPS) is 10.1. The molecule has 0 radical (unpaired) electrons. The Hall–Kier alpha value is -1.95. The summed E-state index contributed by atoms with van der Waals surface area (Å²) in [5, 5.41) is 18.1. The lowest BCUT2D eigenvalue weighted by molar-refractivity contribution is 0.442. The minimum atomic E-state index is -0.127. The first-order valence-corrected chi connectivity index (χ1v) is 5.87. The average Bonchev–Trinajstić information content (AvgIpc) is 2.37. The predicted octanol–water partition coefficient (Wildman–Crippen LogP) is 1.92. The topological polar surface area (TPSA) is 71.8 Å². The Bertz CT molecular complexity index is 518. The first kappa shape index (κ1) is 11.5. The van der Waals surface area contributed by atoms with E-state index in [-0.39, 0.29) is 5.88 Å². The van der Waals surface area contributed by atoms with Crippen LogP contribution in [-0.2, 0) is 0 Å². The summed E-state index contributed by atoms with van der Waals surface area (Å²) in [4.78, 5) is 7.86. The van der Waals surface area contributed by atoms with Gasteiger partial charge in [-0.05, 0) is 12.1 Å². The van der Waals surface area contributed by atoms with Crippen LogP contribution in [0.1, 0.15) is 0 Å². The fourth-order valence-corrected chi connectivity index (χ4v) is 1.71. The van der Waals surface area contributed by atoms with Gasteiger partial charge in [-0.25, -0.2) is 0 Å². The molecular formula is C11H10N4OS. The van der Waals surface area contributed by atoms with Crippen LogP contribution in [0.25, 0.3) is 11.3 Å². The highest BCUT2D eigenvalue weighted by molar-refractivity contribution is 7.99. The molecule has 0 amide bonds. The van der Waals surface area contributed by atoms with Crippen molar-refractivity contribution in [1.29, 1.82) is 0 Å². The van der Waals surface area contributed by atoms with Crippen molar-refractivity contribution in [3.05, 3.63) is 37.2 Å². The summed E-state index contributed by atoms with van der Waals surface area (Å²) in [7, 11) is 0. The van der Waals surface area contributed by atoms with Crippen molar-refractivity contribution < 1.29 is 5.11 Å². The molecule has 0 aromatic carbocycles. The third kappa shape index (κ3) is 2.79. The predicted molar refractivity (Wildman–Crippen MR) is 65.6 cm³/mol. The van der Waals surface area contributed by atoms with Crippen LogP contribution >= 0.6 is 11.8 Å². The molecule has 0 aliphatic rings. The number of aromatic nitrogens is 4. The van der Waals surface area contributed by atoms with Gasteiger partial charge in [0.15, 0.2) is 5.69 Å². The van der Waals surface area contributed by atoms with Gasteiger partial charge >= 0.3 is 0 Å². The van der Waals surface area contributed by atoms with E-state index in [2.05, 4.69) is 26.7 Å². The molecule has 0 saturated carbocycles. The van der Waals surface area contributed by atoms with Gasteiger partial charge in [0, 0.05) is 23.7 Å². The minimum Gasteiger partial charge on any atom is -0.492 e. The average molecular weight is 246 g/mol. The minimum absolute atomic E-state index is 0.127. The second-order valence-corrected chi connectivity index (χ2v) is 4.09. The number of aromatic hydroxyl groups is 1. The zero-order valence-electron chi connectivity index (χ0n) is 8.95. The molecule has 2 rings (SSSR count). The molecular weight excluding hydrogens is 236 g/mol. The summed E-state index contributed by atoms with van der Waals surface area (Å²) in [5.74, 6) is 0.549. The molecule has 0 atom stereocenters. The van der Waals surface area contributed by atoms with Crippen molar-refractivity contribution in [2.75, 3.05) is 5.75 Å². The maximum absolute atomic E-state index is 9.77. The summed E-state index contributed by atoms with van der Waals surface area (Å²) < 4.78 is 0. The molecule has 1 N–H and O–H groups in total. The van der Waals surface area contributed by atoms with E-state index in [4.69, 9.17) is 0 Å². The van der Waals surface area contributed by atoms with Crippen LogP contribution in [0.4, 0.5) is 0 Å². The number of pyridine rings is 1. The fraction of sp³-hybridized carbons (Fsp3) is 0.0909. The smallest absolute Gasteiger partial charge is 0.242 e. The van der Waals surface area contributed by atoms with Crippen LogP contribution in [0, 0.1) is 0 Å². The van der Waals surface area contributed by atoms with Crippen molar-refractivity contribution in [2.24, 2.45) is 0 Å². The van der Waals surface area contributed by atoms with Crippen LogP contribution < -0.4 is 0 Å². The van der Waals surface area contributed by atoms with Crippen LogP contribution in [0.5, 0.6) is 5.88 Å². The van der Waals surface area contributed by atoms with Gasteiger partial charge in [0.1, 0.15) is 0 Å². The fourth-order valence-electron chi connectivity index (χ4n) is 1.19. The molecule has 17 heavy (non-hydrogen) atoms. The Balaban J connectivity index is 2.29. The van der Waals surface area contributed by atoms with E-state index in [0.29, 0.717) is 16.6 Å².